The highest BCUT2D eigenvalue weighted by Gasteiger charge is 2.49. The fourth-order valence-electron chi connectivity index (χ4n) is 5.80. The van der Waals surface area contributed by atoms with E-state index in [-0.39, 0.29) is 30.2 Å². The molecule has 3 aromatic rings. The van der Waals surface area contributed by atoms with Crippen LogP contribution >= 0.6 is 0 Å². The molecular formula is C32H35N5O4. The summed E-state index contributed by atoms with van der Waals surface area (Å²) in [6, 6.07) is 21.7. The van der Waals surface area contributed by atoms with E-state index < -0.39 is 29.9 Å². The third kappa shape index (κ3) is 6.00. The van der Waals surface area contributed by atoms with Gasteiger partial charge in [0.25, 0.3) is 0 Å². The topological polar surface area (TPSA) is 148 Å². The molecule has 1 saturated heterocycles. The van der Waals surface area contributed by atoms with E-state index >= 15 is 0 Å². The van der Waals surface area contributed by atoms with Gasteiger partial charge in [-0.2, -0.15) is 0 Å². The quantitative estimate of drug-likeness (QED) is 0.320. The van der Waals surface area contributed by atoms with Crippen LogP contribution in [0, 0.1) is 0 Å². The van der Waals surface area contributed by atoms with Crippen molar-refractivity contribution in [1.29, 1.82) is 0 Å². The minimum Gasteiger partial charge on any atom is -0.366 e. The van der Waals surface area contributed by atoms with Gasteiger partial charge < -0.3 is 27.0 Å². The molecule has 0 spiro atoms. The maximum Gasteiger partial charge on any atom is 0.248 e. The first-order chi connectivity index (χ1) is 19.7. The van der Waals surface area contributed by atoms with Crippen LogP contribution in [0.2, 0.25) is 0 Å². The van der Waals surface area contributed by atoms with Crippen LogP contribution < -0.4 is 22.1 Å². The number of carbonyl (C=O) groups is 4. The Bertz CT molecular complexity index is 1460. The lowest BCUT2D eigenvalue weighted by molar-refractivity contribution is -0.152. The van der Waals surface area contributed by atoms with Crippen LogP contribution in [-0.2, 0) is 27.2 Å². The third-order valence-electron chi connectivity index (χ3n) is 8.02. The molecule has 1 heterocycles. The molecule has 0 bridgehead atoms. The molecule has 9 heteroatoms. The Hall–Kier alpha value is -4.50. The molecule has 41 heavy (non-hydrogen) atoms. The highest BCUT2D eigenvalue weighted by atomic mass is 16.2. The Morgan fingerprint density at radius 3 is 2.44 bits per heavy atom. The summed E-state index contributed by atoms with van der Waals surface area (Å²) >= 11 is 0. The average molecular weight is 554 g/mol. The van der Waals surface area contributed by atoms with E-state index in [4.69, 9.17) is 11.5 Å². The minimum atomic E-state index is -0.990. The smallest absolute Gasteiger partial charge is 0.248 e. The van der Waals surface area contributed by atoms with E-state index in [1.54, 1.807) is 24.3 Å². The highest BCUT2D eigenvalue weighted by molar-refractivity contribution is 5.96. The number of amides is 4. The third-order valence-corrected chi connectivity index (χ3v) is 8.02. The molecule has 1 fully saturated rings. The summed E-state index contributed by atoms with van der Waals surface area (Å²) in [6.45, 7) is 1.86. The van der Waals surface area contributed by atoms with Crippen LogP contribution in [0.1, 0.15) is 57.9 Å². The Morgan fingerprint density at radius 1 is 0.976 bits per heavy atom. The molecule has 2 unspecified atom stereocenters. The monoisotopic (exact) mass is 553 g/mol. The number of nitrogens with two attached hydrogens (primary N) is 2. The van der Waals surface area contributed by atoms with E-state index in [2.05, 4.69) is 16.7 Å². The molecule has 0 aromatic heterocycles. The normalized spacial score (nSPS) is 20.7. The van der Waals surface area contributed by atoms with E-state index in [9.17, 15) is 19.2 Å². The number of hydrogen-bond acceptors (Lipinski definition) is 5. The number of benzene rings is 3. The molecule has 1 aliphatic carbocycles. The SMILES string of the molecule is CC(N)C(=O)NC(Cc1cccc(C(N)=O)c1)C(=O)N1C[C@@H](c2ccccc2)[C@@H]1C(=O)N[C@@H]1CCc2ccccc21. The van der Waals surface area contributed by atoms with Gasteiger partial charge in [-0.15, -0.1) is 0 Å². The van der Waals surface area contributed by atoms with Crippen molar-refractivity contribution < 1.29 is 19.2 Å². The van der Waals surface area contributed by atoms with Gasteiger partial charge in [-0.1, -0.05) is 66.7 Å². The molecular weight excluding hydrogens is 518 g/mol. The Labute approximate surface area is 239 Å². The van der Waals surface area contributed by atoms with Gasteiger partial charge in [-0.05, 0) is 54.2 Å². The number of fused-ring (bicyclic) bond motifs is 1. The van der Waals surface area contributed by atoms with Crippen molar-refractivity contribution in [2.45, 2.75) is 56.3 Å². The van der Waals surface area contributed by atoms with Crippen LogP contribution in [0.3, 0.4) is 0 Å². The maximum atomic E-state index is 14.0. The number of hydrogen-bond donors (Lipinski definition) is 4. The van der Waals surface area contributed by atoms with Crippen molar-refractivity contribution in [3.63, 3.8) is 0 Å². The molecule has 5 rings (SSSR count). The van der Waals surface area contributed by atoms with Gasteiger partial charge in [-0.3, -0.25) is 19.2 Å². The van der Waals surface area contributed by atoms with Crippen LogP contribution in [0.15, 0.2) is 78.9 Å². The summed E-state index contributed by atoms with van der Waals surface area (Å²) in [5, 5.41) is 5.96. The molecule has 6 N–H and O–H groups in total. The molecule has 2 aliphatic rings. The van der Waals surface area contributed by atoms with Crippen molar-refractivity contribution in [1.82, 2.24) is 15.5 Å². The fraction of sp³-hybridized carbons (Fsp3) is 0.312. The predicted molar refractivity (Wildman–Crippen MR) is 155 cm³/mol. The molecule has 0 radical (unpaired) electrons. The van der Waals surface area contributed by atoms with Gasteiger partial charge in [0.1, 0.15) is 12.1 Å². The molecule has 0 saturated carbocycles. The van der Waals surface area contributed by atoms with Crippen molar-refractivity contribution >= 4 is 23.6 Å². The van der Waals surface area contributed by atoms with Crippen molar-refractivity contribution in [2.75, 3.05) is 6.54 Å². The lowest BCUT2D eigenvalue weighted by Gasteiger charge is -2.48. The number of primary amides is 1. The number of nitrogens with zero attached hydrogens (tertiary/aromatic N) is 1. The molecule has 1 aliphatic heterocycles. The summed E-state index contributed by atoms with van der Waals surface area (Å²) in [7, 11) is 0. The molecule has 5 atom stereocenters. The average Bonchev–Trinajstić information content (AvgIpc) is 3.35. The van der Waals surface area contributed by atoms with Crippen LogP contribution in [-0.4, -0.2) is 53.2 Å². The fourth-order valence-corrected chi connectivity index (χ4v) is 5.80. The van der Waals surface area contributed by atoms with Crippen LogP contribution in [0.4, 0.5) is 0 Å². The van der Waals surface area contributed by atoms with Gasteiger partial charge in [0, 0.05) is 24.4 Å². The lowest BCUT2D eigenvalue weighted by Crippen LogP contribution is -2.67. The predicted octanol–water partition coefficient (Wildman–Crippen LogP) is 1.96. The van der Waals surface area contributed by atoms with E-state index in [1.807, 2.05) is 48.5 Å². The first kappa shape index (κ1) is 28.0. The second kappa shape index (κ2) is 11.9. The Morgan fingerprint density at radius 2 is 1.71 bits per heavy atom. The van der Waals surface area contributed by atoms with Gasteiger partial charge >= 0.3 is 0 Å². The van der Waals surface area contributed by atoms with Crippen molar-refractivity contribution in [3.8, 4) is 0 Å². The second-order valence-electron chi connectivity index (χ2n) is 10.9. The zero-order valence-electron chi connectivity index (χ0n) is 23.0. The number of aryl methyl sites for hydroxylation is 1. The Kier molecular flexibility index (Phi) is 8.16. The molecule has 9 nitrogen and oxygen atoms in total. The van der Waals surface area contributed by atoms with E-state index in [0.717, 1.165) is 24.0 Å². The van der Waals surface area contributed by atoms with E-state index in [1.165, 1.54) is 17.4 Å². The van der Waals surface area contributed by atoms with Gasteiger partial charge in [0.15, 0.2) is 0 Å². The number of rotatable bonds is 9. The summed E-state index contributed by atoms with van der Waals surface area (Å²) in [5.74, 6) is -1.89. The maximum absolute atomic E-state index is 14.0. The van der Waals surface area contributed by atoms with Gasteiger partial charge in [0.2, 0.25) is 23.6 Å². The molecule has 3 aromatic carbocycles. The molecule has 4 amide bonds. The zero-order chi connectivity index (χ0) is 29.1. The highest BCUT2D eigenvalue weighted by Crippen LogP contribution is 2.37. The zero-order valence-corrected chi connectivity index (χ0v) is 23.0. The summed E-state index contributed by atoms with van der Waals surface area (Å²) in [5.41, 5.74) is 15.5. The first-order valence-electron chi connectivity index (χ1n) is 13.9. The summed E-state index contributed by atoms with van der Waals surface area (Å²) in [4.78, 5) is 53.8. The van der Waals surface area contributed by atoms with E-state index in [0.29, 0.717) is 17.7 Å². The van der Waals surface area contributed by atoms with Crippen LogP contribution in [0.25, 0.3) is 0 Å². The number of likely N-dealkylation sites (tertiary alicyclic amines) is 1. The summed E-state index contributed by atoms with van der Waals surface area (Å²) < 4.78 is 0. The largest absolute Gasteiger partial charge is 0.366 e. The lowest BCUT2D eigenvalue weighted by atomic mass is 9.81. The first-order valence-corrected chi connectivity index (χ1v) is 13.9. The van der Waals surface area contributed by atoms with Crippen molar-refractivity contribution in [2.24, 2.45) is 11.5 Å². The van der Waals surface area contributed by atoms with Crippen LogP contribution in [0.5, 0.6) is 0 Å². The van der Waals surface area contributed by atoms with Crippen molar-refractivity contribution in [3.05, 3.63) is 107 Å². The second-order valence-corrected chi connectivity index (χ2v) is 10.9. The standard InChI is InChI=1S/C32H35N5O4/c1-19(33)30(39)36-27(17-20-8-7-12-23(16-20)29(34)38)32(41)37-18-25(21-9-3-2-4-10-21)28(37)31(40)35-26-15-14-22-11-5-6-13-24(22)26/h2-13,16,19,25-28H,14-15,17-18,33H2,1H3,(H2,34,38)(H,35,40)(H,36,39)/t19?,25-,26+,27?,28+/m0/s1. The number of carbonyl (C=O) groups excluding carboxylic acids is 4. The summed E-state index contributed by atoms with van der Waals surface area (Å²) in [6.07, 6.45) is 1.78. The molecule has 212 valence electrons. The van der Waals surface area contributed by atoms with Gasteiger partial charge in [-0.25, -0.2) is 0 Å². The number of nitrogens with one attached hydrogen (secondary N) is 2. The minimum absolute atomic E-state index is 0.106. The van der Waals surface area contributed by atoms with Gasteiger partial charge in [0.05, 0.1) is 12.1 Å². The Balaban J connectivity index is 1.41.